The predicted octanol–water partition coefficient (Wildman–Crippen LogP) is 22.3. The summed E-state index contributed by atoms with van der Waals surface area (Å²) in [5.74, 6) is -0.135. The first-order valence-electron chi connectivity index (χ1n) is 35.2. The maximum absolute atomic E-state index is 13.1. The Hall–Kier alpha value is -1.02. The number of nitrogens with zero attached hydrogens (tertiary/aromatic N) is 1. The number of carbonyl (C=O) groups excluding carboxylic acids is 1. The van der Waals surface area contributed by atoms with Gasteiger partial charge in [0.15, 0.2) is 0 Å². The normalized spacial score (nSPS) is 13.8. The highest BCUT2D eigenvalue weighted by atomic mass is 31.2. The number of phosphoric acid groups is 1. The van der Waals surface area contributed by atoms with E-state index < -0.39 is 20.0 Å². The van der Waals surface area contributed by atoms with E-state index in [4.69, 9.17) is 9.05 Å². The molecule has 0 aliphatic heterocycles. The van der Waals surface area contributed by atoms with Crippen LogP contribution in [0.1, 0.15) is 367 Å². The van der Waals surface area contributed by atoms with Crippen LogP contribution in [0.4, 0.5) is 0 Å². The first kappa shape index (κ1) is 78.0. The third-order valence-corrected chi connectivity index (χ3v) is 17.4. The third kappa shape index (κ3) is 64.4. The molecule has 8 nitrogen and oxygen atoms in total. The average Bonchev–Trinajstić information content (AvgIpc) is 3.42. The predicted molar refractivity (Wildman–Crippen MR) is 346 cm³/mol. The van der Waals surface area contributed by atoms with Gasteiger partial charge in [-0.15, -0.1) is 0 Å². The molecule has 0 radical (unpaired) electrons. The molecule has 1 amide bonds. The lowest BCUT2D eigenvalue weighted by atomic mass is 10.0. The van der Waals surface area contributed by atoms with Gasteiger partial charge in [-0.05, 0) is 44.9 Å². The standard InChI is InChI=1S/C70H139N2O6P/c1-6-8-10-12-14-16-18-20-22-24-26-28-29-30-31-32-33-34-35-36-37-38-39-40-41-42-43-44-46-48-50-52-54-56-58-60-62-64-70(74)71-68(67-78-79(75,76)77-66-65-72(3,4)5)69(73)63-61-59-57-55-53-51-49-47-45-27-25-23-21-19-17-15-13-11-9-7-2/h18,20,24,26,68-69,73H,6-17,19,21-23,25,27-67H2,1-5H3,(H-,71,74,75,76)/p+1/b20-18-,26-24-. The molecule has 0 spiro atoms. The summed E-state index contributed by atoms with van der Waals surface area (Å²) in [7, 11) is 1.64. The number of hydrogen-bond donors (Lipinski definition) is 3. The van der Waals surface area contributed by atoms with Gasteiger partial charge in [0, 0.05) is 6.42 Å². The van der Waals surface area contributed by atoms with Crippen molar-refractivity contribution in [2.45, 2.75) is 379 Å². The molecule has 0 saturated heterocycles. The van der Waals surface area contributed by atoms with E-state index in [1.54, 1.807) is 0 Å². The molecule has 3 atom stereocenters. The molecule has 0 rings (SSSR count). The van der Waals surface area contributed by atoms with Gasteiger partial charge in [-0.1, -0.05) is 340 Å². The Morgan fingerprint density at radius 2 is 0.722 bits per heavy atom. The van der Waals surface area contributed by atoms with Crippen molar-refractivity contribution in [3.63, 3.8) is 0 Å². The lowest BCUT2D eigenvalue weighted by Gasteiger charge is -2.26. The zero-order chi connectivity index (χ0) is 57.7. The van der Waals surface area contributed by atoms with Crippen LogP contribution in [0, 0.1) is 0 Å². The largest absolute Gasteiger partial charge is 0.472 e. The number of likely N-dealkylation sites (N-methyl/N-ethyl adjacent to an activating group) is 1. The van der Waals surface area contributed by atoms with Crippen LogP contribution in [0.5, 0.6) is 0 Å². The van der Waals surface area contributed by atoms with E-state index in [0.29, 0.717) is 23.9 Å². The van der Waals surface area contributed by atoms with Crippen LogP contribution >= 0.6 is 7.82 Å². The lowest BCUT2D eigenvalue weighted by molar-refractivity contribution is -0.870. The van der Waals surface area contributed by atoms with E-state index in [-0.39, 0.29) is 19.1 Å². The van der Waals surface area contributed by atoms with Crippen LogP contribution in [0.25, 0.3) is 0 Å². The van der Waals surface area contributed by atoms with Gasteiger partial charge in [0.1, 0.15) is 13.2 Å². The molecule has 3 N–H and O–H groups in total. The van der Waals surface area contributed by atoms with Crippen LogP contribution < -0.4 is 5.32 Å². The summed E-state index contributed by atoms with van der Waals surface area (Å²) in [4.78, 5) is 23.4. The molecule has 9 heteroatoms. The zero-order valence-electron chi connectivity index (χ0n) is 53.9. The number of nitrogens with one attached hydrogen (secondary N) is 1. The molecule has 0 aromatic rings. The van der Waals surface area contributed by atoms with Gasteiger partial charge in [-0.2, -0.15) is 0 Å². The minimum Gasteiger partial charge on any atom is -0.391 e. The topological polar surface area (TPSA) is 105 Å². The number of aliphatic hydroxyl groups excluding tert-OH is 1. The van der Waals surface area contributed by atoms with Crippen molar-refractivity contribution in [1.29, 1.82) is 0 Å². The van der Waals surface area contributed by atoms with E-state index in [1.807, 2.05) is 21.1 Å². The molecule has 79 heavy (non-hydrogen) atoms. The smallest absolute Gasteiger partial charge is 0.391 e. The molecular formula is C70H140N2O6P+. The van der Waals surface area contributed by atoms with Crippen molar-refractivity contribution in [3.8, 4) is 0 Å². The van der Waals surface area contributed by atoms with Gasteiger partial charge in [-0.3, -0.25) is 13.8 Å². The number of unbranched alkanes of at least 4 members (excludes halogenated alkanes) is 49. The third-order valence-electron chi connectivity index (χ3n) is 16.5. The number of quaternary nitrogens is 1. The summed E-state index contributed by atoms with van der Waals surface area (Å²) in [6.45, 7) is 4.94. The van der Waals surface area contributed by atoms with Gasteiger partial charge in [0.05, 0.1) is 39.9 Å². The summed E-state index contributed by atoms with van der Waals surface area (Å²) in [5.41, 5.74) is 0. The Kier molecular flexibility index (Phi) is 60.7. The van der Waals surface area contributed by atoms with E-state index in [0.717, 1.165) is 44.9 Å². The summed E-state index contributed by atoms with van der Waals surface area (Å²) in [6, 6.07) is -0.758. The van der Waals surface area contributed by atoms with Crippen molar-refractivity contribution in [3.05, 3.63) is 24.3 Å². The maximum atomic E-state index is 13.1. The minimum absolute atomic E-state index is 0.0780. The molecule has 0 fully saturated rings. The Morgan fingerprint density at radius 3 is 1.04 bits per heavy atom. The fourth-order valence-corrected chi connectivity index (χ4v) is 11.7. The highest BCUT2D eigenvalue weighted by molar-refractivity contribution is 7.47. The van der Waals surface area contributed by atoms with Crippen molar-refractivity contribution in [2.75, 3.05) is 40.9 Å². The fraction of sp³-hybridized carbons (Fsp3) is 0.929. The van der Waals surface area contributed by atoms with Crippen molar-refractivity contribution >= 4 is 13.7 Å². The summed E-state index contributed by atoms with van der Waals surface area (Å²) >= 11 is 0. The molecule has 0 aliphatic rings. The Morgan fingerprint density at radius 1 is 0.430 bits per heavy atom. The highest BCUT2D eigenvalue weighted by Crippen LogP contribution is 2.43. The van der Waals surface area contributed by atoms with Crippen molar-refractivity contribution < 1.29 is 32.9 Å². The number of rotatable bonds is 66. The van der Waals surface area contributed by atoms with Crippen LogP contribution in [-0.2, 0) is 18.4 Å². The number of phosphoric ester groups is 1. The number of allylic oxidation sites excluding steroid dienone is 4. The lowest BCUT2D eigenvalue weighted by Crippen LogP contribution is -2.46. The minimum atomic E-state index is -4.32. The number of amides is 1. The Labute approximate surface area is 494 Å². The second-order valence-corrected chi connectivity index (χ2v) is 27.1. The van der Waals surface area contributed by atoms with Crippen LogP contribution in [-0.4, -0.2) is 73.4 Å². The van der Waals surface area contributed by atoms with Crippen LogP contribution in [0.15, 0.2) is 24.3 Å². The molecule has 0 aliphatic carbocycles. The second kappa shape index (κ2) is 61.5. The van der Waals surface area contributed by atoms with Gasteiger partial charge >= 0.3 is 7.82 Å². The summed E-state index contributed by atoms with van der Waals surface area (Å²) < 4.78 is 23.9. The molecule has 0 bridgehead atoms. The summed E-state index contributed by atoms with van der Waals surface area (Å²) in [5, 5.41) is 14.1. The Bertz CT molecular complexity index is 1340. The van der Waals surface area contributed by atoms with E-state index in [9.17, 15) is 19.4 Å². The first-order chi connectivity index (χ1) is 38.5. The average molecular weight is 1140 g/mol. The second-order valence-electron chi connectivity index (χ2n) is 25.6. The van der Waals surface area contributed by atoms with Crippen molar-refractivity contribution in [2.24, 2.45) is 0 Å². The van der Waals surface area contributed by atoms with Crippen LogP contribution in [0.2, 0.25) is 0 Å². The number of aliphatic hydroxyl groups is 1. The zero-order valence-corrected chi connectivity index (χ0v) is 54.8. The van der Waals surface area contributed by atoms with E-state index in [1.165, 1.54) is 295 Å². The Balaban J connectivity index is 3.92. The fourth-order valence-electron chi connectivity index (χ4n) is 11.0. The molecule has 0 saturated carbocycles. The summed E-state index contributed by atoms with van der Waals surface area (Å²) in [6.07, 6.45) is 80.0. The van der Waals surface area contributed by atoms with Gasteiger partial charge in [0.25, 0.3) is 0 Å². The van der Waals surface area contributed by atoms with E-state index >= 15 is 0 Å². The van der Waals surface area contributed by atoms with Gasteiger partial charge in [0.2, 0.25) is 5.91 Å². The number of carbonyl (C=O) groups is 1. The first-order valence-corrected chi connectivity index (χ1v) is 36.7. The van der Waals surface area contributed by atoms with Crippen molar-refractivity contribution in [1.82, 2.24) is 5.32 Å². The van der Waals surface area contributed by atoms with E-state index in [2.05, 4.69) is 43.5 Å². The monoisotopic (exact) mass is 1140 g/mol. The molecular weight excluding hydrogens is 996 g/mol. The maximum Gasteiger partial charge on any atom is 0.472 e. The van der Waals surface area contributed by atoms with Gasteiger partial charge in [-0.25, -0.2) is 4.57 Å². The van der Waals surface area contributed by atoms with Gasteiger partial charge < -0.3 is 19.8 Å². The quantitative estimate of drug-likeness (QED) is 0.0243. The highest BCUT2D eigenvalue weighted by Gasteiger charge is 2.28. The SMILES string of the molecule is CCCCCCC/C=C\C/C=C\CCCCCCCCCCCCCCCCCCCCCCCCCCCC(=O)NC(COP(=O)(O)OCC[N+](C)(C)C)C(O)CCCCCCCCCCCCCCCCCCCCCC. The van der Waals surface area contributed by atoms with Crippen LogP contribution in [0.3, 0.4) is 0 Å². The molecule has 0 aromatic carbocycles. The molecule has 0 aromatic heterocycles. The molecule has 470 valence electrons. The molecule has 3 unspecified atom stereocenters. The number of hydrogen-bond acceptors (Lipinski definition) is 5. The molecule has 0 heterocycles.